The van der Waals surface area contributed by atoms with Gasteiger partial charge in [0.25, 0.3) is 5.79 Å². The fraction of sp³-hybridized carbons (Fsp3) is 0.879. The topological polar surface area (TPSA) is 72.8 Å². The molecule has 4 fully saturated rings. The van der Waals surface area contributed by atoms with Crippen molar-refractivity contribution in [2.45, 2.75) is 136 Å². The summed E-state index contributed by atoms with van der Waals surface area (Å²) in [4.78, 5) is 26.0. The minimum Gasteiger partial charge on any atom is -0.421 e. The molecule has 0 aromatic rings. The van der Waals surface area contributed by atoms with E-state index in [1.54, 1.807) is 0 Å². The van der Waals surface area contributed by atoms with Crippen LogP contribution in [-0.2, 0) is 19.1 Å². The van der Waals surface area contributed by atoms with Gasteiger partial charge in [0.2, 0.25) is 0 Å². The lowest BCUT2D eigenvalue weighted by molar-refractivity contribution is -0.299. The Morgan fingerprint density at radius 2 is 1.66 bits per heavy atom. The summed E-state index contributed by atoms with van der Waals surface area (Å²) < 4.78 is 12.5. The minimum atomic E-state index is -1.41. The normalized spacial score (nSPS) is 41.6. The van der Waals surface area contributed by atoms with E-state index in [0.717, 1.165) is 36.2 Å². The van der Waals surface area contributed by atoms with Crippen LogP contribution in [0.25, 0.3) is 0 Å². The summed E-state index contributed by atoms with van der Waals surface area (Å²) in [6.07, 6.45) is 14.1. The average Bonchev–Trinajstić information content (AvgIpc) is 3.22. The lowest BCUT2D eigenvalue weighted by Crippen LogP contribution is -2.65. The van der Waals surface area contributed by atoms with Crippen molar-refractivity contribution in [3.05, 3.63) is 11.6 Å². The first-order valence-electron chi connectivity index (χ1n) is 15.8. The predicted octanol–water partition coefficient (Wildman–Crippen LogP) is 7.36. The second-order valence-electron chi connectivity index (χ2n) is 14.5. The van der Waals surface area contributed by atoms with Crippen LogP contribution in [0, 0.1) is 46.3 Å². The van der Waals surface area contributed by atoms with Crippen molar-refractivity contribution in [1.29, 1.82) is 0 Å². The standard InChI is InChI=1S/C33H52O5/c1-21(2)9-8-10-22(3)26-15-16-27-25-14-13-23-19-24(34)20-33(32(23,5)28(25)17-18-31(26,27)4)37-29(35)11-6-7-12-30(36)38-33/h13,21-22,24-28,34H,6-12,14-20H2,1-5H3/t22-,24+,25+,26-,27+,28+,31-,32+/m1/s1. The Labute approximate surface area is 230 Å². The molecule has 38 heavy (non-hydrogen) atoms. The van der Waals surface area contributed by atoms with Crippen LogP contribution >= 0.6 is 0 Å². The number of hydrogen-bond donors (Lipinski definition) is 1. The molecule has 8 atom stereocenters. The summed E-state index contributed by atoms with van der Waals surface area (Å²) in [6.45, 7) is 11.9. The molecule has 5 heteroatoms. The molecule has 5 nitrogen and oxygen atoms in total. The fourth-order valence-electron chi connectivity index (χ4n) is 10.1. The third-order valence-corrected chi connectivity index (χ3v) is 12.0. The summed E-state index contributed by atoms with van der Waals surface area (Å²) in [6, 6.07) is 0. The van der Waals surface area contributed by atoms with Gasteiger partial charge in [0.15, 0.2) is 0 Å². The van der Waals surface area contributed by atoms with Crippen molar-refractivity contribution >= 4 is 11.9 Å². The van der Waals surface area contributed by atoms with Gasteiger partial charge in [-0.2, -0.15) is 0 Å². The maximum atomic E-state index is 13.0. The van der Waals surface area contributed by atoms with E-state index in [1.165, 1.54) is 38.5 Å². The predicted molar refractivity (Wildman–Crippen MR) is 148 cm³/mol. The monoisotopic (exact) mass is 528 g/mol. The molecule has 0 aromatic heterocycles. The fourth-order valence-corrected chi connectivity index (χ4v) is 10.1. The molecule has 1 aliphatic heterocycles. The Balaban J connectivity index is 1.45. The SMILES string of the molecule is CC(C)CCC[C@@H](C)[C@H]1CC[C@H]2[C@@H]3CC=C4C[C@H](O)CC5(OC(=O)CCCCC(=O)O5)[C@]4(C)[C@H]3CC[C@]12C. The van der Waals surface area contributed by atoms with Gasteiger partial charge in [0.05, 0.1) is 17.9 Å². The first-order chi connectivity index (χ1) is 18.0. The minimum absolute atomic E-state index is 0.180. The van der Waals surface area contributed by atoms with Crippen LogP contribution in [0.2, 0.25) is 0 Å². The van der Waals surface area contributed by atoms with Crippen LogP contribution in [0.4, 0.5) is 0 Å². The number of carbonyl (C=O) groups is 2. The van der Waals surface area contributed by atoms with Gasteiger partial charge >= 0.3 is 11.9 Å². The zero-order valence-corrected chi connectivity index (χ0v) is 24.6. The second-order valence-corrected chi connectivity index (χ2v) is 14.5. The van der Waals surface area contributed by atoms with Crippen molar-refractivity contribution in [3.8, 4) is 0 Å². The van der Waals surface area contributed by atoms with E-state index < -0.39 is 17.3 Å². The number of ether oxygens (including phenoxy) is 2. The van der Waals surface area contributed by atoms with E-state index in [-0.39, 0.29) is 24.3 Å². The van der Waals surface area contributed by atoms with E-state index >= 15 is 0 Å². The Morgan fingerprint density at radius 3 is 2.32 bits per heavy atom. The first kappa shape index (κ1) is 28.2. The number of allylic oxidation sites excluding steroid dienone is 1. The second kappa shape index (κ2) is 10.6. The number of fused-ring (bicyclic) bond motifs is 6. The quantitative estimate of drug-likeness (QED) is 0.298. The molecular weight excluding hydrogens is 476 g/mol. The summed E-state index contributed by atoms with van der Waals surface area (Å²) >= 11 is 0. The van der Waals surface area contributed by atoms with Gasteiger partial charge < -0.3 is 14.6 Å². The lowest BCUT2D eigenvalue weighted by atomic mass is 9.45. The van der Waals surface area contributed by atoms with Crippen LogP contribution in [-0.4, -0.2) is 28.9 Å². The van der Waals surface area contributed by atoms with E-state index in [1.807, 2.05) is 0 Å². The number of rotatable bonds is 5. The van der Waals surface area contributed by atoms with Crippen LogP contribution in [0.1, 0.15) is 125 Å². The van der Waals surface area contributed by atoms with Gasteiger partial charge in [-0.1, -0.05) is 58.6 Å². The summed E-state index contributed by atoms with van der Waals surface area (Å²) in [5.74, 6) is 1.70. The molecule has 3 saturated carbocycles. The highest BCUT2D eigenvalue weighted by Crippen LogP contribution is 2.69. The van der Waals surface area contributed by atoms with Gasteiger partial charge in [0.1, 0.15) is 0 Å². The molecule has 0 bridgehead atoms. The maximum absolute atomic E-state index is 13.0. The van der Waals surface area contributed by atoms with Gasteiger partial charge in [-0.05, 0) is 99.2 Å². The molecule has 1 N–H and O–H groups in total. The molecule has 214 valence electrons. The Kier molecular flexibility index (Phi) is 7.83. The molecule has 1 heterocycles. The molecule has 0 unspecified atom stereocenters. The molecule has 5 rings (SSSR count). The Hall–Kier alpha value is -1.36. The van der Waals surface area contributed by atoms with E-state index in [2.05, 4.69) is 40.7 Å². The molecule has 1 spiro atoms. The zero-order chi connectivity index (χ0) is 27.3. The van der Waals surface area contributed by atoms with Crippen molar-refractivity contribution in [2.75, 3.05) is 0 Å². The van der Waals surface area contributed by atoms with Crippen molar-refractivity contribution < 1.29 is 24.2 Å². The number of carbonyl (C=O) groups excluding carboxylic acids is 2. The Bertz CT molecular complexity index is 918. The number of hydrogen-bond acceptors (Lipinski definition) is 5. The lowest BCUT2D eigenvalue weighted by Gasteiger charge is -2.62. The molecule has 5 aliphatic rings. The van der Waals surface area contributed by atoms with Crippen molar-refractivity contribution in [3.63, 3.8) is 0 Å². The Morgan fingerprint density at radius 1 is 0.974 bits per heavy atom. The average molecular weight is 529 g/mol. The zero-order valence-electron chi connectivity index (χ0n) is 24.6. The number of aliphatic hydroxyl groups excluding tert-OH is 1. The largest absolute Gasteiger partial charge is 0.421 e. The van der Waals surface area contributed by atoms with Crippen LogP contribution in [0.15, 0.2) is 11.6 Å². The number of esters is 2. The highest BCUT2D eigenvalue weighted by atomic mass is 16.7. The van der Waals surface area contributed by atoms with E-state index in [0.29, 0.717) is 49.4 Å². The third kappa shape index (κ3) is 4.67. The number of aliphatic hydroxyl groups is 1. The summed E-state index contributed by atoms with van der Waals surface area (Å²) in [5.41, 5.74) is 0.887. The van der Waals surface area contributed by atoms with Crippen LogP contribution < -0.4 is 0 Å². The summed E-state index contributed by atoms with van der Waals surface area (Å²) in [5, 5.41) is 10.9. The molecule has 1 saturated heterocycles. The van der Waals surface area contributed by atoms with Gasteiger partial charge in [0, 0.05) is 12.8 Å². The molecule has 0 radical (unpaired) electrons. The van der Waals surface area contributed by atoms with Crippen molar-refractivity contribution in [2.24, 2.45) is 46.3 Å². The smallest absolute Gasteiger partial charge is 0.309 e. The van der Waals surface area contributed by atoms with Crippen molar-refractivity contribution in [1.82, 2.24) is 0 Å². The molecular formula is C33H52O5. The first-order valence-corrected chi connectivity index (χ1v) is 15.8. The molecule has 4 aliphatic carbocycles. The molecule has 0 aromatic carbocycles. The van der Waals surface area contributed by atoms with Gasteiger partial charge in [-0.25, -0.2) is 0 Å². The summed E-state index contributed by atoms with van der Waals surface area (Å²) in [7, 11) is 0. The highest BCUT2D eigenvalue weighted by molar-refractivity contribution is 5.73. The molecule has 0 amide bonds. The van der Waals surface area contributed by atoms with Gasteiger partial charge in [-0.15, -0.1) is 0 Å². The van der Waals surface area contributed by atoms with E-state index in [4.69, 9.17) is 9.47 Å². The van der Waals surface area contributed by atoms with Crippen LogP contribution in [0.3, 0.4) is 0 Å². The third-order valence-electron chi connectivity index (χ3n) is 12.0. The van der Waals surface area contributed by atoms with E-state index in [9.17, 15) is 14.7 Å². The van der Waals surface area contributed by atoms with Gasteiger partial charge in [-0.3, -0.25) is 9.59 Å². The highest BCUT2D eigenvalue weighted by Gasteiger charge is 2.68. The van der Waals surface area contributed by atoms with Crippen LogP contribution in [0.5, 0.6) is 0 Å². The maximum Gasteiger partial charge on any atom is 0.309 e.